The van der Waals surface area contributed by atoms with Crippen molar-refractivity contribution in [1.82, 2.24) is 0 Å². The van der Waals surface area contributed by atoms with Gasteiger partial charge in [-0.2, -0.15) is 0 Å². The first-order valence-electron chi connectivity index (χ1n) is 3.91. The molecule has 0 amide bonds. The lowest BCUT2D eigenvalue weighted by molar-refractivity contribution is 0.624. The molecule has 0 atom stereocenters. The summed E-state index contributed by atoms with van der Waals surface area (Å²) in [5, 5.41) is 0. The molecular weight excluding hydrogens is 120 g/mol. The van der Waals surface area contributed by atoms with Gasteiger partial charge >= 0.3 is 0 Å². The van der Waals surface area contributed by atoms with Gasteiger partial charge in [-0.15, -0.1) is 0 Å². The fourth-order valence-corrected chi connectivity index (χ4v) is 0.854. The maximum absolute atomic E-state index is 2.26. The van der Waals surface area contributed by atoms with Crippen LogP contribution in [0, 0.1) is 0 Å². The van der Waals surface area contributed by atoms with Gasteiger partial charge in [0.2, 0.25) is 0 Å². The van der Waals surface area contributed by atoms with Gasteiger partial charge in [0, 0.05) is 0 Å². The van der Waals surface area contributed by atoms with Gasteiger partial charge < -0.3 is 0 Å². The van der Waals surface area contributed by atoms with Gasteiger partial charge in [-0.05, 0) is 0 Å². The second-order valence-corrected chi connectivity index (χ2v) is 2.41. The zero-order valence-corrected chi connectivity index (χ0v) is 6.24. The standard InChI is InChI=1S/C8H18.2CH4/c1-3-5-7-8-6-4-2;;/h3-8H2,1-2H3;2*1H4. The van der Waals surface area contributed by atoms with Crippen LogP contribution in [-0.2, 0) is 0 Å². The zero-order chi connectivity index (χ0) is 6.24. The molecule has 0 aromatic carbocycles. The highest BCUT2D eigenvalue weighted by molar-refractivity contribution is 4.39. The summed E-state index contributed by atoms with van der Waals surface area (Å²) in [7, 11) is 0. The minimum absolute atomic E-state index is 0. The SMILES string of the molecule is C.C.CCCCCCCC. The minimum Gasteiger partial charge on any atom is -0.0776 e. The van der Waals surface area contributed by atoms with Crippen LogP contribution in [0.1, 0.15) is 67.2 Å². The molecule has 0 unspecified atom stereocenters. The van der Waals surface area contributed by atoms with Gasteiger partial charge in [-0.25, -0.2) is 0 Å². The molecular formula is C10H26. The van der Waals surface area contributed by atoms with Crippen LogP contribution in [0.15, 0.2) is 0 Å². The van der Waals surface area contributed by atoms with Crippen molar-refractivity contribution >= 4 is 0 Å². The predicted octanol–water partition coefficient (Wildman–Crippen LogP) is 4.64. The Morgan fingerprint density at radius 1 is 0.600 bits per heavy atom. The summed E-state index contributed by atoms with van der Waals surface area (Å²) in [6.45, 7) is 4.51. The average Bonchev–Trinajstić information content (AvgIpc) is 1.81. The van der Waals surface area contributed by atoms with E-state index >= 15 is 0 Å². The van der Waals surface area contributed by atoms with Crippen LogP contribution < -0.4 is 0 Å². The third kappa shape index (κ3) is 15.7. The summed E-state index contributed by atoms with van der Waals surface area (Å²) < 4.78 is 0. The van der Waals surface area contributed by atoms with E-state index < -0.39 is 0 Å². The van der Waals surface area contributed by atoms with Crippen molar-refractivity contribution < 1.29 is 0 Å². The van der Waals surface area contributed by atoms with E-state index in [1.165, 1.54) is 38.5 Å². The van der Waals surface area contributed by atoms with Crippen LogP contribution in [0.3, 0.4) is 0 Å². The van der Waals surface area contributed by atoms with Crippen molar-refractivity contribution in [2.45, 2.75) is 67.2 Å². The fourth-order valence-electron chi connectivity index (χ4n) is 0.854. The molecule has 0 aliphatic rings. The highest BCUT2D eigenvalue weighted by atomic mass is 13.9. The molecule has 0 saturated heterocycles. The third-order valence-corrected chi connectivity index (χ3v) is 1.46. The largest absolute Gasteiger partial charge is 0.0776 e. The van der Waals surface area contributed by atoms with Crippen molar-refractivity contribution in [3.63, 3.8) is 0 Å². The van der Waals surface area contributed by atoms with Crippen LogP contribution >= 0.6 is 0 Å². The molecule has 0 saturated carbocycles. The molecule has 0 radical (unpaired) electrons. The monoisotopic (exact) mass is 146 g/mol. The van der Waals surface area contributed by atoms with Crippen molar-refractivity contribution in [1.29, 1.82) is 0 Å². The summed E-state index contributed by atoms with van der Waals surface area (Å²) in [5.74, 6) is 0. The van der Waals surface area contributed by atoms with E-state index in [-0.39, 0.29) is 14.9 Å². The van der Waals surface area contributed by atoms with Gasteiger partial charge in [0.25, 0.3) is 0 Å². The van der Waals surface area contributed by atoms with Crippen LogP contribution in [0.2, 0.25) is 0 Å². The molecule has 0 bridgehead atoms. The van der Waals surface area contributed by atoms with E-state index in [0.717, 1.165) is 0 Å². The van der Waals surface area contributed by atoms with E-state index in [2.05, 4.69) is 13.8 Å². The average molecular weight is 146 g/mol. The Balaban J connectivity index is -0.000000245. The highest BCUT2D eigenvalue weighted by Crippen LogP contribution is 2.03. The normalized spacial score (nSPS) is 7.80. The Kier molecular flexibility index (Phi) is 26.4. The Labute approximate surface area is 68.0 Å². The second-order valence-electron chi connectivity index (χ2n) is 2.41. The Morgan fingerprint density at radius 3 is 1.10 bits per heavy atom. The molecule has 0 N–H and O–H groups in total. The third-order valence-electron chi connectivity index (χ3n) is 1.46. The molecule has 0 fully saturated rings. The van der Waals surface area contributed by atoms with Crippen LogP contribution in [0.5, 0.6) is 0 Å². The highest BCUT2D eigenvalue weighted by Gasteiger charge is 1.83. The van der Waals surface area contributed by atoms with Gasteiger partial charge in [-0.3, -0.25) is 0 Å². The van der Waals surface area contributed by atoms with Gasteiger partial charge in [0.05, 0.1) is 0 Å². The minimum atomic E-state index is 0. The fraction of sp³-hybridized carbons (Fsp3) is 1.00. The first-order valence-corrected chi connectivity index (χ1v) is 3.91. The van der Waals surface area contributed by atoms with Crippen molar-refractivity contribution in [3.8, 4) is 0 Å². The van der Waals surface area contributed by atoms with Crippen molar-refractivity contribution in [2.75, 3.05) is 0 Å². The summed E-state index contributed by atoms with van der Waals surface area (Å²) in [6, 6.07) is 0. The molecule has 0 heterocycles. The molecule has 0 spiro atoms. The molecule has 0 nitrogen and oxygen atoms in total. The summed E-state index contributed by atoms with van der Waals surface area (Å²) in [4.78, 5) is 0. The zero-order valence-electron chi connectivity index (χ0n) is 6.24. The Bertz CT molecular complexity index is 25.0. The van der Waals surface area contributed by atoms with Crippen LogP contribution in [-0.4, -0.2) is 0 Å². The first kappa shape index (κ1) is 16.5. The van der Waals surface area contributed by atoms with E-state index in [0.29, 0.717) is 0 Å². The number of unbranched alkanes of at least 4 members (excludes halogenated alkanes) is 5. The van der Waals surface area contributed by atoms with Gasteiger partial charge in [-0.1, -0.05) is 67.2 Å². The summed E-state index contributed by atoms with van der Waals surface area (Å²) in [6.07, 6.45) is 8.49. The van der Waals surface area contributed by atoms with Gasteiger partial charge in [0.1, 0.15) is 0 Å². The number of hydrogen-bond donors (Lipinski definition) is 0. The molecule has 66 valence electrons. The van der Waals surface area contributed by atoms with E-state index in [1.54, 1.807) is 0 Å². The second kappa shape index (κ2) is 16.0. The van der Waals surface area contributed by atoms with E-state index in [1.807, 2.05) is 0 Å². The maximum Gasteiger partial charge on any atom is -0.0533 e. The van der Waals surface area contributed by atoms with Crippen LogP contribution in [0.4, 0.5) is 0 Å². The quantitative estimate of drug-likeness (QED) is 0.496. The first-order chi connectivity index (χ1) is 3.91. The summed E-state index contributed by atoms with van der Waals surface area (Å²) >= 11 is 0. The maximum atomic E-state index is 2.26. The lowest BCUT2D eigenvalue weighted by Gasteiger charge is -1.93. The molecule has 0 aromatic rings. The molecule has 0 heteroatoms. The molecule has 0 aliphatic carbocycles. The van der Waals surface area contributed by atoms with Crippen molar-refractivity contribution in [2.24, 2.45) is 0 Å². The van der Waals surface area contributed by atoms with E-state index in [4.69, 9.17) is 0 Å². The number of rotatable bonds is 5. The lowest BCUT2D eigenvalue weighted by atomic mass is 10.1. The number of hydrogen-bond acceptors (Lipinski definition) is 0. The molecule has 0 aromatic heterocycles. The van der Waals surface area contributed by atoms with Crippen LogP contribution in [0.25, 0.3) is 0 Å². The predicted molar refractivity (Wildman–Crippen MR) is 52.5 cm³/mol. The molecule has 0 aliphatic heterocycles. The van der Waals surface area contributed by atoms with E-state index in [9.17, 15) is 0 Å². The molecule has 10 heavy (non-hydrogen) atoms. The molecule has 0 rings (SSSR count). The smallest absolute Gasteiger partial charge is 0.0533 e. The Hall–Kier alpha value is 0. The Morgan fingerprint density at radius 2 is 0.900 bits per heavy atom. The summed E-state index contributed by atoms with van der Waals surface area (Å²) in [5.41, 5.74) is 0. The van der Waals surface area contributed by atoms with Gasteiger partial charge in [0.15, 0.2) is 0 Å². The lowest BCUT2D eigenvalue weighted by Crippen LogP contribution is -1.73. The van der Waals surface area contributed by atoms with Crippen molar-refractivity contribution in [3.05, 3.63) is 0 Å². The topological polar surface area (TPSA) is 0 Å².